The largest absolute Gasteiger partial charge is 0.289 e. The molecular weight excluding hydrogens is 192 g/mol. The summed E-state index contributed by atoms with van der Waals surface area (Å²) < 4.78 is 0. The van der Waals surface area contributed by atoms with Crippen LogP contribution in [0.4, 0.5) is 0 Å². The smallest absolute Gasteiger partial charge is 0.109 e. The lowest BCUT2D eigenvalue weighted by atomic mass is 10.2. The molecule has 1 aliphatic heterocycles. The molecule has 0 amide bonds. The Labute approximate surface area is 90.0 Å². The van der Waals surface area contributed by atoms with Gasteiger partial charge in [0.15, 0.2) is 0 Å². The Bertz CT molecular complexity index is 311. The molecule has 0 radical (unpaired) electrons. The lowest BCUT2D eigenvalue weighted by molar-refractivity contribution is 1.50. The van der Waals surface area contributed by atoms with Gasteiger partial charge in [0.25, 0.3) is 0 Å². The Morgan fingerprint density at radius 3 is 2.50 bits per heavy atom. The van der Waals surface area contributed by atoms with Crippen molar-refractivity contribution in [1.29, 1.82) is 5.41 Å². The molecular formula is C11H16N2S. The SMILES string of the molecule is C=C(C)C1=CC(=C)C(=NC=N)S1.CC. The molecule has 0 aromatic carbocycles. The van der Waals surface area contributed by atoms with Gasteiger partial charge in [-0.1, -0.05) is 38.8 Å². The number of nitrogens with one attached hydrogen (secondary N) is 1. The molecule has 0 spiro atoms. The molecule has 0 fully saturated rings. The second-order valence-corrected chi connectivity index (χ2v) is 3.51. The Balaban J connectivity index is 0.000000791. The predicted octanol–water partition coefficient (Wildman–Crippen LogP) is 3.78. The third kappa shape index (κ3) is 3.34. The third-order valence-corrected chi connectivity index (χ3v) is 2.64. The van der Waals surface area contributed by atoms with Crippen molar-refractivity contribution in [3.63, 3.8) is 0 Å². The standard InChI is InChI=1S/C9H10N2S.C2H6/c1-6(2)8-4-7(3)9(12-8)11-5-10;1-2/h4-5,10H,1,3H2,2H3;1-2H3. The van der Waals surface area contributed by atoms with Crippen molar-refractivity contribution >= 4 is 23.1 Å². The molecule has 3 heteroatoms. The minimum atomic E-state index is 0.794. The maximum absolute atomic E-state index is 6.82. The van der Waals surface area contributed by atoms with Gasteiger partial charge < -0.3 is 0 Å². The number of rotatable bonds is 2. The summed E-state index contributed by atoms with van der Waals surface area (Å²) in [5.41, 5.74) is 1.87. The van der Waals surface area contributed by atoms with Crippen molar-refractivity contribution in [3.05, 3.63) is 35.3 Å². The molecule has 0 bridgehead atoms. The van der Waals surface area contributed by atoms with E-state index in [0.29, 0.717) is 0 Å². The summed E-state index contributed by atoms with van der Waals surface area (Å²) in [6.07, 6.45) is 2.97. The lowest BCUT2D eigenvalue weighted by Crippen LogP contribution is -1.87. The van der Waals surface area contributed by atoms with E-state index in [2.05, 4.69) is 18.2 Å². The van der Waals surface area contributed by atoms with Crippen LogP contribution in [0.5, 0.6) is 0 Å². The summed E-state index contributed by atoms with van der Waals surface area (Å²) in [6, 6.07) is 0. The van der Waals surface area contributed by atoms with E-state index < -0.39 is 0 Å². The molecule has 0 saturated heterocycles. The van der Waals surface area contributed by atoms with E-state index in [0.717, 1.165) is 27.4 Å². The number of nitrogens with zero attached hydrogens (tertiary/aromatic N) is 1. The van der Waals surface area contributed by atoms with Crippen molar-refractivity contribution in [2.24, 2.45) is 4.99 Å². The Morgan fingerprint density at radius 2 is 2.14 bits per heavy atom. The Kier molecular flexibility index (Phi) is 5.88. The summed E-state index contributed by atoms with van der Waals surface area (Å²) in [6.45, 7) is 13.6. The molecule has 0 unspecified atom stereocenters. The first kappa shape index (κ1) is 12.9. The van der Waals surface area contributed by atoms with Crippen molar-refractivity contribution in [2.45, 2.75) is 20.8 Å². The highest BCUT2D eigenvalue weighted by Gasteiger charge is 2.15. The molecule has 0 aliphatic carbocycles. The fourth-order valence-corrected chi connectivity index (χ4v) is 1.68. The summed E-state index contributed by atoms with van der Waals surface area (Å²) in [5, 5.41) is 7.61. The molecule has 14 heavy (non-hydrogen) atoms. The number of aliphatic imine (C=N–C) groups is 1. The van der Waals surface area contributed by atoms with Crippen LogP contribution >= 0.6 is 11.8 Å². The van der Waals surface area contributed by atoms with Crippen molar-refractivity contribution in [3.8, 4) is 0 Å². The second kappa shape index (κ2) is 6.38. The minimum Gasteiger partial charge on any atom is -0.289 e. The van der Waals surface area contributed by atoms with Gasteiger partial charge in [0, 0.05) is 10.5 Å². The van der Waals surface area contributed by atoms with Gasteiger partial charge in [-0.25, -0.2) is 4.99 Å². The van der Waals surface area contributed by atoms with Gasteiger partial charge in [0.2, 0.25) is 0 Å². The monoisotopic (exact) mass is 208 g/mol. The second-order valence-electron chi connectivity index (χ2n) is 2.48. The molecule has 1 heterocycles. The predicted molar refractivity (Wildman–Crippen MR) is 67.2 cm³/mol. The average Bonchev–Trinajstić information content (AvgIpc) is 2.52. The highest BCUT2D eigenvalue weighted by Crippen LogP contribution is 2.34. The van der Waals surface area contributed by atoms with Gasteiger partial charge in [-0.3, -0.25) is 5.41 Å². The van der Waals surface area contributed by atoms with E-state index in [-0.39, 0.29) is 0 Å². The zero-order valence-electron chi connectivity index (χ0n) is 8.92. The van der Waals surface area contributed by atoms with Crippen molar-refractivity contribution < 1.29 is 0 Å². The van der Waals surface area contributed by atoms with E-state index in [1.54, 1.807) is 0 Å². The average molecular weight is 208 g/mol. The molecule has 0 atom stereocenters. The Hall–Kier alpha value is -1.09. The van der Waals surface area contributed by atoms with Gasteiger partial charge >= 0.3 is 0 Å². The third-order valence-electron chi connectivity index (χ3n) is 1.39. The van der Waals surface area contributed by atoms with Crippen LogP contribution in [0, 0.1) is 5.41 Å². The number of thioether (sulfide) groups is 1. The molecule has 0 aromatic heterocycles. The topological polar surface area (TPSA) is 36.2 Å². The molecule has 2 nitrogen and oxygen atoms in total. The maximum atomic E-state index is 6.82. The molecule has 76 valence electrons. The van der Waals surface area contributed by atoms with Gasteiger partial charge in [0.1, 0.15) is 11.4 Å². The van der Waals surface area contributed by atoms with Crippen LogP contribution in [-0.2, 0) is 0 Å². The summed E-state index contributed by atoms with van der Waals surface area (Å²) in [4.78, 5) is 4.95. The van der Waals surface area contributed by atoms with Gasteiger partial charge in [-0.2, -0.15) is 0 Å². The van der Waals surface area contributed by atoms with Crippen LogP contribution in [0.25, 0.3) is 0 Å². The van der Waals surface area contributed by atoms with E-state index in [9.17, 15) is 0 Å². The molecule has 1 aliphatic rings. The number of hydrogen-bond acceptors (Lipinski definition) is 2. The highest BCUT2D eigenvalue weighted by atomic mass is 32.2. The normalized spacial score (nSPS) is 17.2. The number of hydrogen-bond donors (Lipinski definition) is 1. The summed E-state index contributed by atoms with van der Waals surface area (Å²) >= 11 is 1.51. The van der Waals surface area contributed by atoms with E-state index in [1.165, 1.54) is 11.8 Å². The van der Waals surface area contributed by atoms with Crippen molar-refractivity contribution in [1.82, 2.24) is 0 Å². The fraction of sp³-hybridized carbons (Fsp3) is 0.273. The van der Waals surface area contributed by atoms with E-state index >= 15 is 0 Å². The lowest BCUT2D eigenvalue weighted by Gasteiger charge is -1.96. The zero-order chi connectivity index (χ0) is 11.1. The number of allylic oxidation sites excluding steroid dienone is 2. The molecule has 1 rings (SSSR count). The molecule has 1 N–H and O–H groups in total. The molecule has 0 saturated carbocycles. The van der Waals surface area contributed by atoms with Gasteiger partial charge in [-0.15, -0.1) is 0 Å². The maximum Gasteiger partial charge on any atom is 0.109 e. The van der Waals surface area contributed by atoms with Crippen LogP contribution in [-0.4, -0.2) is 11.4 Å². The van der Waals surface area contributed by atoms with Crippen molar-refractivity contribution in [2.75, 3.05) is 0 Å². The van der Waals surface area contributed by atoms with Crippen LogP contribution in [0.3, 0.4) is 0 Å². The quantitative estimate of drug-likeness (QED) is 0.544. The summed E-state index contributed by atoms with van der Waals surface area (Å²) in [7, 11) is 0. The summed E-state index contributed by atoms with van der Waals surface area (Å²) in [5.74, 6) is 0. The first-order valence-corrected chi connectivity index (χ1v) is 5.28. The molecule has 0 aromatic rings. The fourth-order valence-electron chi connectivity index (χ4n) is 0.797. The van der Waals surface area contributed by atoms with Crippen LogP contribution in [0.2, 0.25) is 0 Å². The van der Waals surface area contributed by atoms with Gasteiger partial charge in [-0.05, 0) is 18.6 Å². The van der Waals surface area contributed by atoms with E-state index in [4.69, 9.17) is 5.41 Å². The zero-order valence-corrected chi connectivity index (χ0v) is 9.74. The Morgan fingerprint density at radius 1 is 1.57 bits per heavy atom. The highest BCUT2D eigenvalue weighted by molar-refractivity contribution is 8.18. The first-order valence-electron chi connectivity index (χ1n) is 4.46. The van der Waals surface area contributed by atoms with E-state index in [1.807, 2.05) is 26.8 Å². The first-order chi connectivity index (χ1) is 6.65. The van der Waals surface area contributed by atoms with Crippen LogP contribution in [0.1, 0.15) is 20.8 Å². The van der Waals surface area contributed by atoms with Crippen LogP contribution in [0.15, 0.2) is 40.3 Å². The minimum absolute atomic E-state index is 0.794. The van der Waals surface area contributed by atoms with Gasteiger partial charge in [0.05, 0.1) is 0 Å². The van der Waals surface area contributed by atoms with Crippen LogP contribution < -0.4 is 0 Å².